The summed E-state index contributed by atoms with van der Waals surface area (Å²) >= 11 is 6.50. The molecule has 0 radical (unpaired) electrons. The summed E-state index contributed by atoms with van der Waals surface area (Å²) in [5.74, 6) is 1.81. The highest BCUT2D eigenvalue weighted by Gasteiger charge is 2.19. The van der Waals surface area contributed by atoms with Gasteiger partial charge in [-0.15, -0.1) is 0 Å². The minimum absolute atomic E-state index is 0.556. The fraction of sp³-hybridized carbons (Fsp3) is 0.0690. The van der Waals surface area contributed by atoms with E-state index in [0.717, 1.165) is 33.0 Å². The van der Waals surface area contributed by atoms with E-state index in [1.165, 1.54) is 0 Å². The Balaban J connectivity index is 0.00000117. The normalized spacial score (nSPS) is 10.8. The summed E-state index contributed by atoms with van der Waals surface area (Å²) in [6.45, 7) is 4.00. The lowest BCUT2D eigenvalue weighted by atomic mass is 10.1. The van der Waals surface area contributed by atoms with E-state index < -0.39 is 0 Å². The van der Waals surface area contributed by atoms with E-state index in [1.54, 1.807) is 0 Å². The van der Waals surface area contributed by atoms with Gasteiger partial charge in [0.1, 0.15) is 5.58 Å². The molecule has 6 rings (SSSR count). The summed E-state index contributed by atoms with van der Waals surface area (Å²) in [5.41, 5.74) is 4.11. The topological polar surface area (TPSA) is 51.8 Å². The standard InChI is InChI=1S/C27H16ClN3O.C2H6/c28-21-16-15-20(23-19-13-7-8-14-22(19)32-24(21)23)27-30-25(17-9-3-1-4-10-17)29-26(31-27)18-11-5-2-6-12-18;1-2/h1-16H;1-2H3. The molecule has 0 saturated heterocycles. The molecular formula is C29H22ClN3O. The van der Waals surface area contributed by atoms with Crippen molar-refractivity contribution in [2.45, 2.75) is 13.8 Å². The van der Waals surface area contributed by atoms with Gasteiger partial charge in [-0.25, -0.2) is 15.0 Å². The van der Waals surface area contributed by atoms with Crippen LogP contribution in [-0.2, 0) is 0 Å². The first-order valence-corrected chi connectivity index (χ1v) is 11.6. The van der Waals surface area contributed by atoms with Crippen LogP contribution in [0.1, 0.15) is 13.8 Å². The number of rotatable bonds is 3. The molecule has 0 saturated carbocycles. The number of hydrogen-bond acceptors (Lipinski definition) is 4. The lowest BCUT2D eigenvalue weighted by Crippen LogP contribution is -2.00. The summed E-state index contributed by atoms with van der Waals surface area (Å²) in [7, 11) is 0. The first-order valence-electron chi connectivity index (χ1n) is 11.2. The van der Waals surface area contributed by atoms with Gasteiger partial charge >= 0.3 is 0 Å². The van der Waals surface area contributed by atoms with Crippen LogP contribution in [0.2, 0.25) is 5.02 Å². The SMILES string of the molecule is CC.Clc1ccc(-c2nc(-c3ccccc3)nc(-c3ccccc3)n2)c2c1oc1ccccc12. The van der Waals surface area contributed by atoms with E-state index in [0.29, 0.717) is 28.1 Å². The van der Waals surface area contributed by atoms with Crippen LogP contribution in [0.5, 0.6) is 0 Å². The van der Waals surface area contributed by atoms with E-state index in [1.807, 2.05) is 111 Å². The molecule has 0 bridgehead atoms. The van der Waals surface area contributed by atoms with E-state index in [9.17, 15) is 0 Å². The molecule has 2 heterocycles. The van der Waals surface area contributed by atoms with Crippen LogP contribution >= 0.6 is 11.6 Å². The number of para-hydroxylation sites is 1. The monoisotopic (exact) mass is 463 g/mol. The summed E-state index contributed by atoms with van der Waals surface area (Å²) in [4.78, 5) is 14.5. The summed E-state index contributed by atoms with van der Waals surface area (Å²) < 4.78 is 6.07. The first kappa shape index (κ1) is 21.8. The summed E-state index contributed by atoms with van der Waals surface area (Å²) in [6, 6.07) is 31.5. The fourth-order valence-electron chi connectivity index (χ4n) is 3.91. The lowest BCUT2D eigenvalue weighted by molar-refractivity contribution is 0.669. The molecule has 34 heavy (non-hydrogen) atoms. The van der Waals surface area contributed by atoms with Gasteiger partial charge < -0.3 is 4.42 Å². The molecule has 0 amide bonds. The van der Waals surface area contributed by atoms with Crippen LogP contribution in [0.4, 0.5) is 0 Å². The second kappa shape index (κ2) is 9.46. The molecule has 0 N–H and O–H groups in total. The van der Waals surface area contributed by atoms with Gasteiger partial charge in [0.2, 0.25) is 0 Å². The molecule has 0 aliphatic carbocycles. The van der Waals surface area contributed by atoms with Gasteiger partial charge in [0.15, 0.2) is 23.1 Å². The number of fused-ring (bicyclic) bond motifs is 3. The molecule has 4 aromatic carbocycles. The second-order valence-electron chi connectivity index (χ2n) is 7.44. The smallest absolute Gasteiger partial charge is 0.164 e. The molecule has 0 fully saturated rings. The zero-order valence-electron chi connectivity index (χ0n) is 18.9. The predicted octanol–water partition coefficient (Wildman–Crippen LogP) is 8.45. The molecule has 4 nitrogen and oxygen atoms in total. The third-order valence-electron chi connectivity index (χ3n) is 5.42. The molecule has 0 spiro atoms. The van der Waals surface area contributed by atoms with Gasteiger partial charge in [-0.2, -0.15) is 0 Å². The van der Waals surface area contributed by atoms with Crippen molar-refractivity contribution in [3.63, 3.8) is 0 Å². The van der Waals surface area contributed by atoms with Crippen molar-refractivity contribution < 1.29 is 4.42 Å². The van der Waals surface area contributed by atoms with Gasteiger partial charge in [-0.05, 0) is 18.2 Å². The number of benzene rings is 4. The maximum absolute atomic E-state index is 6.50. The zero-order chi connectivity index (χ0) is 23.5. The van der Waals surface area contributed by atoms with Crippen molar-refractivity contribution in [1.29, 1.82) is 0 Å². The Hall–Kier alpha value is -4.02. The highest BCUT2D eigenvalue weighted by atomic mass is 35.5. The van der Waals surface area contributed by atoms with Gasteiger partial charge in [0.05, 0.1) is 5.02 Å². The van der Waals surface area contributed by atoms with Crippen LogP contribution in [0.3, 0.4) is 0 Å². The zero-order valence-corrected chi connectivity index (χ0v) is 19.6. The van der Waals surface area contributed by atoms with Crippen molar-refractivity contribution in [1.82, 2.24) is 15.0 Å². The van der Waals surface area contributed by atoms with Crippen LogP contribution in [0.15, 0.2) is 101 Å². The van der Waals surface area contributed by atoms with Crippen LogP contribution < -0.4 is 0 Å². The molecule has 0 atom stereocenters. The van der Waals surface area contributed by atoms with Crippen molar-refractivity contribution in [3.05, 3.63) is 102 Å². The van der Waals surface area contributed by atoms with E-state index in [2.05, 4.69) is 0 Å². The molecule has 0 aliphatic rings. The Morgan fingerprint density at radius 2 is 1.12 bits per heavy atom. The second-order valence-corrected chi connectivity index (χ2v) is 7.84. The first-order chi connectivity index (χ1) is 16.8. The Labute approximate surface area is 202 Å². The van der Waals surface area contributed by atoms with Crippen molar-refractivity contribution >= 4 is 33.5 Å². The van der Waals surface area contributed by atoms with Gasteiger partial charge in [-0.1, -0.05) is 104 Å². The number of furan rings is 1. The summed E-state index contributed by atoms with van der Waals surface area (Å²) in [6.07, 6.45) is 0. The fourth-order valence-corrected chi connectivity index (χ4v) is 4.11. The van der Waals surface area contributed by atoms with Crippen molar-refractivity contribution in [2.75, 3.05) is 0 Å². The van der Waals surface area contributed by atoms with Crippen LogP contribution in [0, 0.1) is 0 Å². The number of aromatic nitrogens is 3. The maximum atomic E-state index is 6.50. The van der Waals surface area contributed by atoms with E-state index in [4.69, 9.17) is 31.0 Å². The highest BCUT2D eigenvalue weighted by molar-refractivity contribution is 6.36. The molecular weight excluding hydrogens is 442 g/mol. The minimum Gasteiger partial charge on any atom is -0.454 e. The number of halogens is 1. The number of hydrogen-bond donors (Lipinski definition) is 0. The Morgan fingerprint density at radius 1 is 0.588 bits per heavy atom. The molecule has 0 aliphatic heterocycles. The quantitative estimate of drug-likeness (QED) is 0.264. The predicted molar refractivity (Wildman–Crippen MR) is 140 cm³/mol. The van der Waals surface area contributed by atoms with Crippen molar-refractivity contribution in [2.24, 2.45) is 0 Å². The molecule has 166 valence electrons. The van der Waals surface area contributed by atoms with Crippen molar-refractivity contribution in [3.8, 4) is 34.2 Å². The highest BCUT2D eigenvalue weighted by Crippen LogP contribution is 2.39. The van der Waals surface area contributed by atoms with Gasteiger partial charge in [0, 0.05) is 27.5 Å². The van der Waals surface area contributed by atoms with Gasteiger partial charge in [0.25, 0.3) is 0 Å². The van der Waals surface area contributed by atoms with E-state index in [-0.39, 0.29) is 0 Å². The molecule has 6 aromatic rings. The van der Waals surface area contributed by atoms with Gasteiger partial charge in [-0.3, -0.25) is 0 Å². The van der Waals surface area contributed by atoms with Crippen LogP contribution in [-0.4, -0.2) is 15.0 Å². The molecule has 5 heteroatoms. The Bertz CT molecular complexity index is 1520. The average Bonchev–Trinajstić information content (AvgIpc) is 3.32. The Kier molecular flexibility index (Phi) is 6.07. The summed E-state index contributed by atoms with van der Waals surface area (Å²) in [5, 5.41) is 2.43. The molecule has 0 unspecified atom stereocenters. The maximum Gasteiger partial charge on any atom is 0.164 e. The number of nitrogens with zero attached hydrogens (tertiary/aromatic N) is 3. The molecule has 2 aromatic heterocycles. The Morgan fingerprint density at radius 3 is 1.74 bits per heavy atom. The third-order valence-corrected chi connectivity index (χ3v) is 5.72. The largest absolute Gasteiger partial charge is 0.454 e. The average molecular weight is 464 g/mol. The minimum atomic E-state index is 0.556. The lowest BCUT2D eigenvalue weighted by Gasteiger charge is -2.09. The van der Waals surface area contributed by atoms with Crippen LogP contribution in [0.25, 0.3) is 56.1 Å². The van der Waals surface area contributed by atoms with E-state index >= 15 is 0 Å². The third kappa shape index (κ3) is 3.93.